The van der Waals surface area contributed by atoms with E-state index in [9.17, 15) is 0 Å². The number of hydrogen-bond donors (Lipinski definition) is 0. The minimum absolute atomic E-state index is 0.805. The molecule has 1 aliphatic heterocycles. The minimum Gasteiger partial charge on any atom is -0.304 e. The van der Waals surface area contributed by atoms with E-state index < -0.39 is 0 Å². The van der Waals surface area contributed by atoms with Gasteiger partial charge in [0, 0.05) is 0 Å². The maximum absolute atomic E-state index is 2.60. The lowest BCUT2D eigenvalue weighted by Gasteiger charge is -2.32. The molecule has 1 nitrogen and oxygen atoms in total. The second kappa shape index (κ2) is 3.27. The lowest BCUT2D eigenvalue weighted by atomic mass is 9.87. The Balaban J connectivity index is 1.86. The highest BCUT2D eigenvalue weighted by atomic mass is 15.1. The average Bonchev–Trinajstić information content (AvgIpc) is 2.82. The van der Waals surface area contributed by atoms with Crippen molar-refractivity contribution < 1.29 is 0 Å². The number of piperidine rings is 1. The standard InChI is InChI=1S/C12H23N/c1-4-13-7-5-12(6-8-13)9-11(12)10(2)3/h10-11H,4-9H2,1-3H3. The Morgan fingerprint density at radius 3 is 2.31 bits per heavy atom. The Morgan fingerprint density at radius 2 is 1.92 bits per heavy atom. The normalized spacial score (nSPS) is 32.8. The molecule has 76 valence electrons. The Hall–Kier alpha value is -0.0400. The van der Waals surface area contributed by atoms with Crippen LogP contribution in [0.1, 0.15) is 40.0 Å². The first-order chi connectivity index (χ1) is 6.18. The third kappa shape index (κ3) is 1.63. The van der Waals surface area contributed by atoms with Gasteiger partial charge in [-0.15, -0.1) is 0 Å². The largest absolute Gasteiger partial charge is 0.304 e. The Morgan fingerprint density at radius 1 is 1.31 bits per heavy atom. The second-order valence-electron chi connectivity index (χ2n) is 5.35. The zero-order valence-electron chi connectivity index (χ0n) is 9.34. The van der Waals surface area contributed by atoms with Crippen LogP contribution in [0.4, 0.5) is 0 Å². The number of likely N-dealkylation sites (tertiary alicyclic amines) is 1. The van der Waals surface area contributed by atoms with Crippen molar-refractivity contribution in [2.75, 3.05) is 19.6 Å². The summed E-state index contributed by atoms with van der Waals surface area (Å²) in [6.07, 6.45) is 4.48. The molecule has 2 fully saturated rings. The van der Waals surface area contributed by atoms with Crippen LogP contribution in [0.25, 0.3) is 0 Å². The van der Waals surface area contributed by atoms with Crippen LogP contribution in [0.5, 0.6) is 0 Å². The SMILES string of the molecule is CCN1CCC2(CC1)CC2C(C)C. The van der Waals surface area contributed by atoms with Gasteiger partial charge in [-0.1, -0.05) is 20.8 Å². The van der Waals surface area contributed by atoms with Crippen LogP contribution in [-0.4, -0.2) is 24.5 Å². The summed E-state index contributed by atoms with van der Waals surface area (Å²) in [7, 11) is 0. The predicted molar refractivity (Wildman–Crippen MR) is 56.7 cm³/mol. The van der Waals surface area contributed by atoms with Crippen molar-refractivity contribution in [3.63, 3.8) is 0 Å². The van der Waals surface area contributed by atoms with E-state index in [1.54, 1.807) is 0 Å². The van der Waals surface area contributed by atoms with Gasteiger partial charge in [0.1, 0.15) is 0 Å². The van der Waals surface area contributed by atoms with Gasteiger partial charge < -0.3 is 4.90 Å². The fourth-order valence-corrected chi connectivity index (χ4v) is 3.21. The predicted octanol–water partition coefficient (Wildman–Crippen LogP) is 2.76. The van der Waals surface area contributed by atoms with Crippen molar-refractivity contribution in [1.82, 2.24) is 4.90 Å². The second-order valence-corrected chi connectivity index (χ2v) is 5.35. The fourth-order valence-electron chi connectivity index (χ4n) is 3.21. The summed E-state index contributed by atoms with van der Waals surface area (Å²) in [5.74, 6) is 1.99. The number of rotatable bonds is 2. The highest BCUT2D eigenvalue weighted by Gasteiger charge is 2.55. The van der Waals surface area contributed by atoms with Crippen LogP contribution in [0.15, 0.2) is 0 Å². The van der Waals surface area contributed by atoms with E-state index in [-0.39, 0.29) is 0 Å². The molecule has 0 N–H and O–H groups in total. The Labute approximate surface area is 82.5 Å². The van der Waals surface area contributed by atoms with Crippen LogP contribution < -0.4 is 0 Å². The molecule has 1 saturated carbocycles. The van der Waals surface area contributed by atoms with E-state index in [0.717, 1.165) is 17.3 Å². The van der Waals surface area contributed by atoms with E-state index in [0.29, 0.717) is 0 Å². The van der Waals surface area contributed by atoms with Gasteiger partial charge in [-0.25, -0.2) is 0 Å². The molecule has 0 amide bonds. The quantitative estimate of drug-likeness (QED) is 0.633. The third-order valence-corrected chi connectivity index (χ3v) is 4.36. The van der Waals surface area contributed by atoms with Gasteiger partial charge in [-0.2, -0.15) is 0 Å². The first-order valence-corrected chi connectivity index (χ1v) is 5.90. The molecule has 0 aromatic rings. The summed E-state index contributed by atoms with van der Waals surface area (Å²) in [5.41, 5.74) is 0.805. The molecule has 1 heterocycles. The topological polar surface area (TPSA) is 3.24 Å². The third-order valence-electron chi connectivity index (χ3n) is 4.36. The van der Waals surface area contributed by atoms with Crippen molar-refractivity contribution in [2.24, 2.45) is 17.3 Å². The van der Waals surface area contributed by atoms with Gasteiger partial charge in [0.05, 0.1) is 0 Å². The van der Waals surface area contributed by atoms with Gasteiger partial charge >= 0.3 is 0 Å². The maximum atomic E-state index is 2.60. The van der Waals surface area contributed by atoms with Crippen LogP contribution in [0.2, 0.25) is 0 Å². The number of nitrogens with zero attached hydrogens (tertiary/aromatic N) is 1. The molecule has 2 rings (SSSR count). The summed E-state index contributed by atoms with van der Waals surface area (Å²) in [4.78, 5) is 2.60. The summed E-state index contributed by atoms with van der Waals surface area (Å²) in [6.45, 7) is 11.0. The smallest absolute Gasteiger partial charge is 0.00134 e. The monoisotopic (exact) mass is 181 g/mol. The summed E-state index contributed by atoms with van der Waals surface area (Å²) >= 11 is 0. The Bertz CT molecular complexity index is 178. The van der Waals surface area contributed by atoms with Gasteiger partial charge in [-0.05, 0) is 56.1 Å². The number of hydrogen-bond acceptors (Lipinski definition) is 1. The summed E-state index contributed by atoms with van der Waals surface area (Å²) in [5, 5.41) is 0. The Kier molecular flexibility index (Phi) is 2.39. The van der Waals surface area contributed by atoms with E-state index in [4.69, 9.17) is 0 Å². The molecule has 1 spiro atoms. The highest BCUT2D eigenvalue weighted by molar-refractivity contribution is 5.05. The molecular formula is C12H23N. The van der Waals surface area contributed by atoms with Crippen LogP contribution in [-0.2, 0) is 0 Å². The first kappa shape index (κ1) is 9.51. The van der Waals surface area contributed by atoms with E-state index in [1.807, 2.05) is 0 Å². The summed E-state index contributed by atoms with van der Waals surface area (Å²) in [6, 6.07) is 0. The van der Waals surface area contributed by atoms with Crippen molar-refractivity contribution in [3.05, 3.63) is 0 Å². The molecule has 0 radical (unpaired) electrons. The molecule has 0 aromatic carbocycles. The van der Waals surface area contributed by atoms with E-state index >= 15 is 0 Å². The maximum Gasteiger partial charge on any atom is -0.00134 e. The zero-order valence-corrected chi connectivity index (χ0v) is 9.34. The zero-order chi connectivity index (χ0) is 9.47. The van der Waals surface area contributed by atoms with Crippen molar-refractivity contribution in [3.8, 4) is 0 Å². The van der Waals surface area contributed by atoms with Gasteiger partial charge in [-0.3, -0.25) is 0 Å². The lowest BCUT2D eigenvalue weighted by molar-refractivity contribution is 0.163. The minimum atomic E-state index is 0.805. The van der Waals surface area contributed by atoms with Gasteiger partial charge in [0.25, 0.3) is 0 Å². The molecular weight excluding hydrogens is 158 g/mol. The van der Waals surface area contributed by atoms with Crippen molar-refractivity contribution in [1.29, 1.82) is 0 Å². The van der Waals surface area contributed by atoms with Gasteiger partial charge in [0.15, 0.2) is 0 Å². The molecule has 0 aromatic heterocycles. The van der Waals surface area contributed by atoms with E-state index in [1.165, 1.54) is 38.9 Å². The fraction of sp³-hybridized carbons (Fsp3) is 1.00. The molecule has 13 heavy (non-hydrogen) atoms. The summed E-state index contributed by atoms with van der Waals surface area (Å²) < 4.78 is 0. The highest BCUT2D eigenvalue weighted by Crippen LogP contribution is 2.62. The molecule has 1 heteroatoms. The molecule has 1 aliphatic carbocycles. The van der Waals surface area contributed by atoms with Crippen LogP contribution in [0.3, 0.4) is 0 Å². The molecule has 1 saturated heterocycles. The lowest BCUT2D eigenvalue weighted by Crippen LogP contribution is -2.35. The molecule has 2 aliphatic rings. The van der Waals surface area contributed by atoms with Crippen molar-refractivity contribution >= 4 is 0 Å². The average molecular weight is 181 g/mol. The molecule has 1 atom stereocenters. The van der Waals surface area contributed by atoms with Crippen LogP contribution >= 0.6 is 0 Å². The van der Waals surface area contributed by atoms with Crippen molar-refractivity contribution in [2.45, 2.75) is 40.0 Å². The van der Waals surface area contributed by atoms with Crippen LogP contribution in [0, 0.1) is 17.3 Å². The first-order valence-electron chi connectivity index (χ1n) is 5.90. The molecule has 0 bridgehead atoms. The molecule has 1 unspecified atom stereocenters. The van der Waals surface area contributed by atoms with Gasteiger partial charge in [0.2, 0.25) is 0 Å². The van der Waals surface area contributed by atoms with E-state index in [2.05, 4.69) is 25.7 Å².